The lowest BCUT2D eigenvalue weighted by molar-refractivity contribution is -0.120. The monoisotopic (exact) mass is 326 g/mol. The first-order valence-corrected chi connectivity index (χ1v) is 7.93. The van der Waals surface area contributed by atoms with Crippen molar-refractivity contribution >= 4 is 17.5 Å². The molecule has 2 amide bonds. The van der Waals surface area contributed by atoms with Gasteiger partial charge in [0.15, 0.2) is 0 Å². The van der Waals surface area contributed by atoms with Crippen LogP contribution in [0.3, 0.4) is 0 Å². The Morgan fingerprint density at radius 1 is 1.04 bits per heavy atom. The van der Waals surface area contributed by atoms with Gasteiger partial charge in [0.2, 0.25) is 11.8 Å². The third-order valence-corrected chi connectivity index (χ3v) is 3.42. The Labute approximate surface area is 142 Å². The van der Waals surface area contributed by atoms with Crippen LogP contribution in [0.25, 0.3) is 0 Å². The van der Waals surface area contributed by atoms with Crippen molar-refractivity contribution in [2.75, 3.05) is 11.9 Å². The van der Waals surface area contributed by atoms with E-state index in [9.17, 15) is 9.59 Å². The van der Waals surface area contributed by atoms with E-state index in [2.05, 4.69) is 10.6 Å². The zero-order valence-corrected chi connectivity index (χ0v) is 13.9. The van der Waals surface area contributed by atoms with Crippen LogP contribution in [-0.4, -0.2) is 18.4 Å². The first-order valence-electron chi connectivity index (χ1n) is 7.93. The zero-order valence-electron chi connectivity index (χ0n) is 13.9. The van der Waals surface area contributed by atoms with Crippen molar-refractivity contribution in [1.82, 2.24) is 5.32 Å². The number of nitrogens with one attached hydrogen (secondary N) is 2. The van der Waals surface area contributed by atoms with Crippen LogP contribution < -0.4 is 15.4 Å². The molecule has 0 aliphatic carbocycles. The Morgan fingerprint density at radius 2 is 1.71 bits per heavy atom. The molecule has 0 aromatic heterocycles. The normalized spacial score (nSPS) is 11.4. The van der Waals surface area contributed by atoms with E-state index in [0.717, 1.165) is 11.3 Å². The van der Waals surface area contributed by atoms with E-state index in [1.807, 2.05) is 49.4 Å². The highest BCUT2D eigenvalue weighted by atomic mass is 16.5. The molecule has 2 rings (SSSR count). The van der Waals surface area contributed by atoms with Gasteiger partial charge in [-0.2, -0.15) is 0 Å². The van der Waals surface area contributed by atoms with Crippen molar-refractivity contribution in [2.45, 2.75) is 26.3 Å². The maximum absolute atomic E-state index is 12.3. The highest BCUT2D eigenvalue weighted by Crippen LogP contribution is 2.19. The van der Waals surface area contributed by atoms with E-state index in [1.54, 1.807) is 12.1 Å². The molecule has 0 radical (unpaired) electrons. The second-order valence-corrected chi connectivity index (χ2v) is 5.37. The SMILES string of the molecule is CCOc1ccc(NC(=O)C[C@@H](NC(C)=O)c2ccccc2)cc1. The summed E-state index contributed by atoms with van der Waals surface area (Å²) in [5.74, 6) is 0.426. The molecule has 0 fully saturated rings. The molecular weight excluding hydrogens is 304 g/mol. The average Bonchev–Trinajstić information content (AvgIpc) is 2.57. The molecule has 24 heavy (non-hydrogen) atoms. The van der Waals surface area contributed by atoms with E-state index >= 15 is 0 Å². The van der Waals surface area contributed by atoms with Crippen LogP contribution in [0.15, 0.2) is 54.6 Å². The van der Waals surface area contributed by atoms with Gasteiger partial charge in [-0.25, -0.2) is 0 Å². The van der Waals surface area contributed by atoms with Gasteiger partial charge in [0.25, 0.3) is 0 Å². The fourth-order valence-corrected chi connectivity index (χ4v) is 2.38. The van der Waals surface area contributed by atoms with Gasteiger partial charge in [0, 0.05) is 12.6 Å². The van der Waals surface area contributed by atoms with Crippen LogP contribution in [0.1, 0.15) is 31.9 Å². The van der Waals surface area contributed by atoms with Crippen LogP contribution in [0.5, 0.6) is 5.75 Å². The summed E-state index contributed by atoms with van der Waals surface area (Å²) in [4.78, 5) is 23.7. The molecule has 2 aromatic rings. The molecule has 0 heterocycles. The average molecular weight is 326 g/mol. The van der Waals surface area contributed by atoms with E-state index in [0.29, 0.717) is 12.3 Å². The molecule has 126 valence electrons. The van der Waals surface area contributed by atoms with Crippen molar-refractivity contribution in [3.63, 3.8) is 0 Å². The number of amides is 2. The quantitative estimate of drug-likeness (QED) is 0.820. The zero-order chi connectivity index (χ0) is 17.4. The molecule has 0 aliphatic rings. The lowest BCUT2D eigenvalue weighted by Crippen LogP contribution is -2.29. The van der Waals surface area contributed by atoms with Crippen LogP contribution in [0.4, 0.5) is 5.69 Å². The van der Waals surface area contributed by atoms with Crippen molar-refractivity contribution < 1.29 is 14.3 Å². The fraction of sp³-hybridized carbons (Fsp3) is 0.263. The molecule has 0 bridgehead atoms. The van der Waals surface area contributed by atoms with Gasteiger partial charge in [0.1, 0.15) is 5.75 Å². The summed E-state index contributed by atoms with van der Waals surface area (Å²) in [7, 11) is 0. The van der Waals surface area contributed by atoms with E-state index in [1.165, 1.54) is 6.92 Å². The number of hydrogen-bond donors (Lipinski definition) is 2. The van der Waals surface area contributed by atoms with Crippen LogP contribution in [0, 0.1) is 0 Å². The predicted octanol–water partition coefficient (Wildman–Crippen LogP) is 3.29. The summed E-state index contributed by atoms with van der Waals surface area (Å²) in [6.45, 7) is 3.96. The van der Waals surface area contributed by atoms with Crippen molar-refractivity contribution in [3.8, 4) is 5.75 Å². The van der Waals surface area contributed by atoms with Crippen molar-refractivity contribution in [3.05, 3.63) is 60.2 Å². The Hall–Kier alpha value is -2.82. The van der Waals surface area contributed by atoms with Crippen LogP contribution in [0.2, 0.25) is 0 Å². The molecular formula is C19H22N2O3. The summed E-state index contributed by atoms with van der Waals surface area (Å²) < 4.78 is 5.37. The van der Waals surface area contributed by atoms with Crippen LogP contribution >= 0.6 is 0 Å². The number of hydrogen-bond acceptors (Lipinski definition) is 3. The Balaban J connectivity index is 2.00. The molecule has 2 N–H and O–H groups in total. The second kappa shape index (κ2) is 8.72. The first kappa shape index (κ1) is 17.5. The molecule has 0 spiro atoms. The standard InChI is InChI=1S/C19H22N2O3/c1-3-24-17-11-9-16(10-12-17)21-19(23)13-18(20-14(2)22)15-7-5-4-6-8-15/h4-12,18H,3,13H2,1-2H3,(H,20,22)(H,21,23)/t18-/m1/s1. The summed E-state index contributed by atoms with van der Waals surface area (Å²) in [6, 6.07) is 16.3. The van der Waals surface area contributed by atoms with Crippen molar-refractivity contribution in [1.29, 1.82) is 0 Å². The van der Waals surface area contributed by atoms with Crippen LogP contribution in [-0.2, 0) is 9.59 Å². The fourth-order valence-electron chi connectivity index (χ4n) is 2.38. The predicted molar refractivity (Wildman–Crippen MR) is 93.9 cm³/mol. The molecule has 0 unspecified atom stereocenters. The Bertz CT molecular complexity index is 669. The maximum Gasteiger partial charge on any atom is 0.226 e. The minimum atomic E-state index is -0.355. The number of benzene rings is 2. The molecule has 5 heteroatoms. The van der Waals surface area contributed by atoms with Gasteiger partial charge in [-0.05, 0) is 36.8 Å². The lowest BCUT2D eigenvalue weighted by atomic mass is 10.0. The third-order valence-electron chi connectivity index (χ3n) is 3.42. The number of carbonyl (C=O) groups excluding carboxylic acids is 2. The number of carbonyl (C=O) groups is 2. The smallest absolute Gasteiger partial charge is 0.226 e. The summed E-state index contributed by atoms with van der Waals surface area (Å²) >= 11 is 0. The van der Waals surface area contributed by atoms with Gasteiger partial charge >= 0.3 is 0 Å². The van der Waals surface area contributed by atoms with Gasteiger partial charge in [-0.15, -0.1) is 0 Å². The van der Waals surface area contributed by atoms with Crippen molar-refractivity contribution in [2.24, 2.45) is 0 Å². The largest absolute Gasteiger partial charge is 0.494 e. The van der Waals surface area contributed by atoms with E-state index in [-0.39, 0.29) is 24.3 Å². The molecule has 2 aromatic carbocycles. The summed E-state index contributed by atoms with van der Waals surface area (Å²) in [6.07, 6.45) is 0.163. The Kier molecular flexibility index (Phi) is 6.37. The number of ether oxygens (including phenoxy) is 1. The highest BCUT2D eigenvalue weighted by Gasteiger charge is 2.17. The lowest BCUT2D eigenvalue weighted by Gasteiger charge is -2.18. The Morgan fingerprint density at radius 3 is 2.29 bits per heavy atom. The minimum Gasteiger partial charge on any atom is -0.494 e. The summed E-state index contributed by atoms with van der Waals surface area (Å²) in [5.41, 5.74) is 1.59. The van der Waals surface area contributed by atoms with Gasteiger partial charge in [-0.1, -0.05) is 30.3 Å². The van der Waals surface area contributed by atoms with E-state index < -0.39 is 0 Å². The maximum atomic E-state index is 12.3. The molecule has 0 saturated heterocycles. The summed E-state index contributed by atoms with van der Waals surface area (Å²) in [5, 5.41) is 5.66. The molecule has 0 saturated carbocycles. The minimum absolute atomic E-state index is 0.163. The number of rotatable bonds is 7. The van der Waals surface area contributed by atoms with Gasteiger partial charge in [-0.3, -0.25) is 9.59 Å². The second-order valence-electron chi connectivity index (χ2n) is 5.37. The number of anilines is 1. The first-order chi connectivity index (χ1) is 11.6. The van der Waals surface area contributed by atoms with Gasteiger partial charge in [0.05, 0.1) is 19.1 Å². The molecule has 1 atom stereocenters. The van der Waals surface area contributed by atoms with Gasteiger partial charge < -0.3 is 15.4 Å². The molecule has 0 aliphatic heterocycles. The van der Waals surface area contributed by atoms with E-state index in [4.69, 9.17) is 4.74 Å². The highest BCUT2D eigenvalue weighted by molar-refractivity contribution is 5.91. The topological polar surface area (TPSA) is 67.4 Å². The third kappa shape index (κ3) is 5.43. The molecule has 5 nitrogen and oxygen atoms in total.